The number of hydrogen-bond donors (Lipinski definition) is 1. The van der Waals surface area contributed by atoms with Gasteiger partial charge in [-0.15, -0.1) is 0 Å². The minimum atomic E-state index is -0.414. The van der Waals surface area contributed by atoms with Crippen molar-refractivity contribution in [2.75, 3.05) is 5.32 Å². The summed E-state index contributed by atoms with van der Waals surface area (Å²) < 4.78 is 5.91. The molecule has 5 atom stereocenters. The summed E-state index contributed by atoms with van der Waals surface area (Å²) in [5, 5.41) is 25.9. The van der Waals surface area contributed by atoms with Crippen LogP contribution in [0.1, 0.15) is 47.9 Å². The Bertz CT molecular complexity index is 1290. The highest BCUT2D eigenvalue weighted by atomic mass is 16.6. The van der Waals surface area contributed by atoms with Crippen LogP contribution in [0.2, 0.25) is 0 Å². The van der Waals surface area contributed by atoms with Crippen LogP contribution in [0.15, 0.2) is 66.7 Å². The van der Waals surface area contributed by atoms with Crippen molar-refractivity contribution in [3.63, 3.8) is 0 Å². The average molecular weight is 472 g/mol. The van der Waals surface area contributed by atoms with E-state index in [1.54, 1.807) is 24.3 Å². The van der Waals surface area contributed by atoms with Gasteiger partial charge in [0.05, 0.1) is 15.9 Å². The van der Waals surface area contributed by atoms with Crippen molar-refractivity contribution < 1.29 is 14.6 Å². The molecular weight excluding hydrogens is 446 g/mol. The van der Waals surface area contributed by atoms with E-state index in [4.69, 9.17) is 4.74 Å². The summed E-state index contributed by atoms with van der Waals surface area (Å²) in [4.78, 5) is 21.5. The van der Waals surface area contributed by atoms with E-state index in [9.17, 15) is 20.2 Å². The molecule has 178 valence electrons. The Balaban J connectivity index is 1.22. The Kier molecular flexibility index (Phi) is 5.16. The van der Waals surface area contributed by atoms with Gasteiger partial charge < -0.3 is 10.1 Å². The van der Waals surface area contributed by atoms with Gasteiger partial charge in [-0.3, -0.25) is 20.2 Å². The van der Waals surface area contributed by atoms with E-state index >= 15 is 0 Å². The van der Waals surface area contributed by atoms with Crippen molar-refractivity contribution in [1.82, 2.24) is 0 Å². The van der Waals surface area contributed by atoms with E-state index < -0.39 is 4.92 Å². The predicted octanol–water partition coefficient (Wildman–Crippen LogP) is 6.38. The molecule has 0 unspecified atom stereocenters. The molecule has 0 aromatic heterocycles. The third-order valence-electron chi connectivity index (χ3n) is 8.07. The Morgan fingerprint density at radius 3 is 2.26 bits per heavy atom. The lowest BCUT2D eigenvalue weighted by molar-refractivity contribution is -0.385. The molecule has 3 aromatic rings. The Morgan fingerprint density at radius 1 is 0.857 bits per heavy atom. The van der Waals surface area contributed by atoms with Crippen molar-refractivity contribution >= 4 is 17.1 Å². The normalized spacial score (nSPS) is 25.9. The molecule has 2 saturated carbocycles. The first-order valence-corrected chi connectivity index (χ1v) is 12.0. The fourth-order valence-corrected chi connectivity index (χ4v) is 6.57. The fourth-order valence-electron chi connectivity index (χ4n) is 6.57. The molecule has 1 aliphatic heterocycles. The van der Waals surface area contributed by atoms with Gasteiger partial charge in [0.2, 0.25) is 0 Å². The number of nitrogens with zero attached hydrogens (tertiary/aromatic N) is 2. The Morgan fingerprint density at radius 2 is 1.54 bits per heavy atom. The molecule has 6 rings (SSSR count). The standard InChI is InChI=1S/C27H25N3O5/c31-29(32)20-7-1-16(2-8-20)15-35-22-10-5-17(6-11-22)27-26-19-4-3-18(13-19)25(26)23-14-21(30(33)34)9-12-24(23)28-27/h1-2,5-12,14,18-19,25-28H,3-4,13,15H2/t18-,19-,25+,26-,27-/m0/s1. The SMILES string of the molecule is O=[N+]([O-])c1ccc(COc2ccc([C@@H]3Nc4ccc([N+](=O)[O-])cc4[C@H]4[C@H]5CC[C@@H](C5)[C@@H]43)cc2)cc1. The summed E-state index contributed by atoms with van der Waals surface area (Å²) in [6.07, 6.45) is 3.63. The van der Waals surface area contributed by atoms with Crippen LogP contribution in [0.3, 0.4) is 0 Å². The summed E-state index contributed by atoms with van der Waals surface area (Å²) in [5.74, 6) is 2.75. The second-order valence-electron chi connectivity index (χ2n) is 9.87. The number of nitro benzene ring substituents is 2. The number of fused-ring (bicyclic) bond motifs is 7. The van der Waals surface area contributed by atoms with Gasteiger partial charge in [-0.25, -0.2) is 0 Å². The van der Waals surface area contributed by atoms with Crippen LogP contribution in [0, 0.1) is 38.0 Å². The molecule has 1 heterocycles. The summed E-state index contributed by atoms with van der Waals surface area (Å²) in [5.41, 5.74) is 4.40. The zero-order chi connectivity index (χ0) is 24.1. The number of benzene rings is 3. The van der Waals surface area contributed by atoms with Gasteiger partial charge >= 0.3 is 0 Å². The molecule has 1 N–H and O–H groups in total. The van der Waals surface area contributed by atoms with Gasteiger partial charge in [-0.1, -0.05) is 12.1 Å². The molecule has 2 bridgehead atoms. The zero-order valence-electron chi connectivity index (χ0n) is 19.0. The fraction of sp³-hybridized carbons (Fsp3) is 0.333. The van der Waals surface area contributed by atoms with Crippen LogP contribution in [0.4, 0.5) is 17.1 Å². The molecule has 35 heavy (non-hydrogen) atoms. The van der Waals surface area contributed by atoms with Crippen LogP contribution in [0.25, 0.3) is 0 Å². The number of non-ortho nitro benzene ring substituents is 2. The quantitative estimate of drug-likeness (QED) is 0.330. The zero-order valence-corrected chi connectivity index (χ0v) is 19.0. The number of nitro groups is 2. The first-order chi connectivity index (χ1) is 17.0. The first-order valence-electron chi connectivity index (χ1n) is 12.0. The van der Waals surface area contributed by atoms with Gasteiger partial charge in [0.25, 0.3) is 11.4 Å². The molecule has 3 aromatic carbocycles. The highest BCUT2D eigenvalue weighted by Gasteiger charge is 2.54. The maximum absolute atomic E-state index is 11.4. The maximum Gasteiger partial charge on any atom is 0.269 e. The Labute approximate surface area is 202 Å². The minimum absolute atomic E-state index is 0.0631. The molecule has 0 spiro atoms. The van der Waals surface area contributed by atoms with E-state index in [0.29, 0.717) is 30.3 Å². The molecule has 0 radical (unpaired) electrons. The number of anilines is 1. The largest absolute Gasteiger partial charge is 0.489 e. The van der Waals surface area contributed by atoms with E-state index in [0.717, 1.165) is 22.6 Å². The first kappa shape index (κ1) is 21.6. The minimum Gasteiger partial charge on any atom is -0.489 e. The third kappa shape index (κ3) is 3.79. The van der Waals surface area contributed by atoms with Crippen molar-refractivity contribution in [3.05, 3.63) is 104 Å². The molecular formula is C27H25N3O5. The lowest BCUT2D eigenvalue weighted by atomic mass is 9.68. The number of ether oxygens (including phenoxy) is 1. The monoisotopic (exact) mass is 471 g/mol. The van der Waals surface area contributed by atoms with E-state index in [1.807, 2.05) is 18.2 Å². The highest BCUT2D eigenvalue weighted by Crippen LogP contribution is 2.63. The van der Waals surface area contributed by atoms with Crippen molar-refractivity contribution in [1.29, 1.82) is 0 Å². The molecule has 8 nitrogen and oxygen atoms in total. The predicted molar refractivity (Wildman–Crippen MR) is 130 cm³/mol. The Hall–Kier alpha value is -3.94. The van der Waals surface area contributed by atoms with Crippen LogP contribution < -0.4 is 10.1 Å². The summed E-state index contributed by atoms with van der Waals surface area (Å²) in [6.45, 7) is 0.333. The molecule has 2 aliphatic carbocycles. The topological polar surface area (TPSA) is 108 Å². The molecule has 3 aliphatic rings. The highest BCUT2D eigenvalue weighted by molar-refractivity contribution is 5.62. The molecule has 0 saturated heterocycles. The second kappa shape index (κ2) is 8.37. The maximum atomic E-state index is 11.4. The van der Waals surface area contributed by atoms with Crippen LogP contribution in [-0.4, -0.2) is 9.85 Å². The van der Waals surface area contributed by atoms with Crippen molar-refractivity contribution in [3.8, 4) is 5.75 Å². The van der Waals surface area contributed by atoms with Gasteiger partial charge in [0, 0.05) is 30.0 Å². The summed E-state index contributed by atoms with van der Waals surface area (Å²) in [6, 6.07) is 19.9. The van der Waals surface area contributed by atoms with E-state index in [-0.39, 0.29) is 22.3 Å². The van der Waals surface area contributed by atoms with E-state index in [2.05, 4.69) is 17.4 Å². The molecule has 2 fully saturated rings. The van der Waals surface area contributed by atoms with Gasteiger partial charge in [0.15, 0.2) is 0 Å². The smallest absolute Gasteiger partial charge is 0.269 e. The number of rotatable bonds is 6. The van der Waals surface area contributed by atoms with Gasteiger partial charge in [-0.05, 0) is 90.0 Å². The summed E-state index contributed by atoms with van der Waals surface area (Å²) in [7, 11) is 0. The van der Waals surface area contributed by atoms with Crippen LogP contribution in [0.5, 0.6) is 5.75 Å². The molecule has 8 heteroatoms. The third-order valence-corrected chi connectivity index (χ3v) is 8.07. The summed E-state index contributed by atoms with van der Waals surface area (Å²) >= 11 is 0. The van der Waals surface area contributed by atoms with E-state index in [1.165, 1.54) is 37.0 Å². The molecule has 0 amide bonds. The number of hydrogen-bond acceptors (Lipinski definition) is 6. The van der Waals surface area contributed by atoms with Crippen molar-refractivity contribution in [2.24, 2.45) is 17.8 Å². The van der Waals surface area contributed by atoms with Gasteiger partial charge in [0.1, 0.15) is 12.4 Å². The van der Waals surface area contributed by atoms with Crippen LogP contribution in [-0.2, 0) is 6.61 Å². The second-order valence-corrected chi connectivity index (χ2v) is 9.87. The lowest BCUT2D eigenvalue weighted by Crippen LogP contribution is -2.35. The lowest BCUT2D eigenvalue weighted by Gasteiger charge is -2.43. The number of nitrogens with one attached hydrogen (secondary N) is 1. The average Bonchev–Trinajstić information content (AvgIpc) is 3.50. The van der Waals surface area contributed by atoms with Gasteiger partial charge in [-0.2, -0.15) is 0 Å². The van der Waals surface area contributed by atoms with Crippen LogP contribution >= 0.6 is 0 Å². The van der Waals surface area contributed by atoms with Crippen molar-refractivity contribution in [2.45, 2.75) is 37.8 Å².